The fraction of sp³-hybridized carbons (Fsp3) is 0.150. The molecule has 3 aromatic rings. The minimum atomic E-state index is -1.10. The van der Waals surface area contributed by atoms with Crippen LogP contribution in [0.15, 0.2) is 35.0 Å². The Balaban J connectivity index is 2.14. The predicted molar refractivity (Wildman–Crippen MR) is 106 cm³/mol. The van der Waals surface area contributed by atoms with Crippen molar-refractivity contribution in [3.63, 3.8) is 0 Å². The highest BCUT2D eigenvalue weighted by atomic mass is 32.1. The van der Waals surface area contributed by atoms with Gasteiger partial charge in [-0.2, -0.15) is 11.3 Å². The molecule has 0 aliphatic rings. The van der Waals surface area contributed by atoms with Crippen LogP contribution in [-0.2, 0) is 11.8 Å². The van der Waals surface area contributed by atoms with Crippen molar-refractivity contribution in [1.29, 1.82) is 0 Å². The highest BCUT2D eigenvalue weighted by molar-refractivity contribution is 7.08. The summed E-state index contributed by atoms with van der Waals surface area (Å²) in [4.78, 5) is 36.8. The molecule has 2 heterocycles. The van der Waals surface area contributed by atoms with Gasteiger partial charge in [0.05, 0.1) is 17.0 Å². The molecular weight excluding hydrogens is 381 g/mol. The summed E-state index contributed by atoms with van der Waals surface area (Å²) >= 11 is 1.44. The Bertz CT molecular complexity index is 1100. The van der Waals surface area contributed by atoms with Crippen molar-refractivity contribution >= 4 is 34.6 Å². The molecule has 6 nitrogen and oxygen atoms in total. The maximum Gasteiger partial charge on any atom is 0.291 e. The lowest BCUT2D eigenvalue weighted by Crippen LogP contribution is -2.25. The third-order valence-electron chi connectivity index (χ3n) is 4.51. The largest absolute Gasteiger partial charge is 0.363 e. The summed E-state index contributed by atoms with van der Waals surface area (Å²) in [6.07, 6.45) is 0. The van der Waals surface area contributed by atoms with Gasteiger partial charge in [0, 0.05) is 23.7 Å². The monoisotopic (exact) mass is 399 g/mol. The first-order valence-electron chi connectivity index (χ1n) is 8.35. The van der Waals surface area contributed by atoms with E-state index in [9.17, 15) is 18.8 Å². The Labute approximate surface area is 164 Å². The van der Waals surface area contributed by atoms with E-state index in [1.807, 2.05) is 16.8 Å². The molecule has 0 fully saturated rings. The number of benzene rings is 1. The van der Waals surface area contributed by atoms with Gasteiger partial charge in [-0.3, -0.25) is 14.4 Å². The SMILES string of the molecule is Cc1cc(NC(=O)c2c(C)c(C(=O)C(N)=O)n(C)c2-c2ccsc2)ccc1F. The first-order chi connectivity index (χ1) is 13.2. The molecule has 3 N–H and O–H groups in total. The number of hydrogen-bond acceptors (Lipinski definition) is 4. The van der Waals surface area contributed by atoms with E-state index in [4.69, 9.17) is 5.73 Å². The number of amides is 2. The highest BCUT2D eigenvalue weighted by Crippen LogP contribution is 2.33. The van der Waals surface area contributed by atoms with Crippen LogP contribution < -0.4 is 11.1 Å². The van der Waals surface area contributed by atoms with Crippen molar-refractivity contribution in [3.8, 4) is 11.3 Å². The Morgan fingerprint density at radius 1 is 1.18 bits per heavy atom. The summed E-state index contributed by atoms with van der Waals surface area (Å²) in [7, 11) is 1.61. The van der Waals surface area contributed by atoms with Gasteiger partial charge in [0.1, 0.15) is 5.82 Å². The van der Waals surface area contributed by atoms with E-state index in [0.29, 0.717) is 22.5 Å². The zero-order valence-corrected chi connectivity index (χ0v) is 16.3. The van der Waals surface area contributed by atoms with E-state index >= 15 is 0 Å². The standard InChI is InChI=1S/C20H18FN3O3S/c1-10-8-13(4-5-14(10)21)23-20(27)15-11(2)16(18(25)19(22)26)24(3)17(15)12-6-7-28-9-12/h4-9H,1-3H3,(H2,22,26)(H,23,27). The first kappa shape index (κ1) is 19.5. The van der Waals surface area contributed by atoms with Gasteiger partial charge in [0.15, 0.2) is 0 Å². The molecule has 0 spiro atoms. The molecule has 1 aromatic carbocycles. The number of aromatic nitrogens is 1. The molecule has 0 saturated carbocycles. The van der Waals surface area contributed by atoms with Crippen molar-refractivity contribution in [3.05, 3.63) is 63.2 Å². The van der Waals surface area contributed by atoms with E-state index < -0.39 is 17.6 Å². The molecule has 144 valence electrons. The van der Waals surface area contributed by atoms with E-state index in [2.05, 4.69) is 5.32 Å². The molecule has 0 unspecified atom stereocenters. The van der Waals surface area contributed by atoms with Gasteiger partial charge >= 0.3 is 0 Å². The first-order valence-corrected chi connectivity index (χ1v) is 9.30. The third kappa shape index (κ3) is 3.34. The maximum absolute atomic E-state index is 13.5. The second kappa shape index (κ2) is 7.40. The van der Waals surface area contributed by atoms with Crippen LogP contribution in [-0.4, -0.2) is 22.2 Å². The number of nitrogens with one attached hydrogen (secondary N) is 1. The molecule has 0 bridgehead atoms. The van der Waals surface area contributed by atoms with Gasteiger partial charge in [-0.1, -0.05) is 0 Å². The molecule has 2 aromatic heterocycles. The number of nitrogens with zero attached hydrogens (tertiary/aromatic N) is 1. The minimum absolute atomic E-state index is 0.0640. The van der Waals surface area contributed by atoms with Crippen LogP contribution in [0.5, 0.6) is 0 Å². The summed E-state index contributed by atoms with van der Waals surface area (Å²) in [6, 6.07) is 6.06. The molecule has 0 atom stereocenters. The summed E-state index contributed by atoms with van der Waals surface area (Å²) in [5.74, 6) is -2.80. The molecule has 8 heteroatoms. The molecule has 3 rings (SSSR count). The zero-order valence-electron chi connectivity index (χ0n) is 15.5. The van der Waals surface area contributed by atoms with E-state index in [0.717, 1.165) is 5.56 Å². The maximum atomic E-state index is 13.5. The van der Waals surface area contributed by atoms with Crippen LogP contribution >= 0.6 is 11.3 Å². The Morgan fingerprint density at radius 2 is 1.89 bits per heavy atom. The second-order valence-corrected chi connectivity index (χ2v) is 7.16. The molecule has 28 heavy (non-hydrogen) atoms. The number of nitrogens with two attached hydrogens (primary N) is 1. The smallest absolute Gasteiger partial charge is 0.291 e. The van der Waals surface area contributed by atoms with Crippen LogP contribution in [0.2, 0.25) is 0 Å². The number of carbonyl (C=O) groups is 3. The molecule has 2 amide bonds. The Morgan fingerprint density at radius 3 is 2.46 bits per heavy atom. The van der Waals surface area contributed by atoms with Crippen molar-refractivity contribution in [2.24, 2.45) is 12.8 Å². The number of hydrogen-bond donors (Lipinski definition) is 2. The lowest BCUT2D eigenvalue weighted by Gasteiger charge is -2.09. The molecule has 0 aliphatic carbocycles. The van der Waals surface area contributed by atoms with Crippen LogP contribution in [0.4, 0.5) is 10.1 Å². The minimum Gasteiger partial charge on any atom is -0.363 e. The van der Waals surface area contributed by atoms with Gasteiger partial charge in [0.2, 0.25) is 0 Å². The second-order valence-electron chi connectivity index (χ2n) is 6.38. The van der Waals surface area contributed by atoms with Crippen molar-refractivity contribution in [2.45, 2.75) is 13.8 Å². The molecule has 0 radical (unpaired) electrons. The number of aryl methyl sites for hydroxylation is 1. The average molecular weight is 399 g/mol. The number of halogens is 1. The molecule has 0 aliphatic heterocycles. The summed E-state index contributed by atoms with van der Waals surface area (Å²) in [6.45, 7) is 3.19. The fourth-order valence-electron chi connectivity index (χ4n) is 3.20. The number of carbonyl (C=O) groups excluding carboxylic acids is 3. The van der Waals surface area contributed by atoms with Crippen LogP contribution in [0.3, 0.4) is 0 Å². The lowest BCUT2D eigenvalue weighted by molar-refractivity contribution is -0.114. The van der Waals surface area contributed by atoms with Crippen molar-refractivity contribution in [2.75, 3.05) is 5.32 Å². The van der Waals surface area contributed by atoms with Crippen molar-refractivity contribution in [1.82, 2.24) is 4.57 Å². The quantitative estimate of drug-likeness (QED) is 0.508. The number of thiophene rings is 1. The Kier molecular flexibility index (Phi) is 5.15. The summed E-state index contributed by atoms with van der Waals surface area (Å²) in [5.41, 5.74) is 7.90. The van der Waals surface area contributed by atoms with Crippen molar-refractivity contribution < 1.29 is 18.8 Å². The van der Waals surface area contributed by atoms with Gasteiger partial charge in [0.25, 0.3) is 17.6 Å². The van der Waals surface area contributed by atoms with Gasteiger partial charge in [-0.05, 0) is 54.6 Å². The van der Waals surface area contributed by atoms with Crippen LogP contribution in [0, 0.1) is 19.7 Å². The molecular formula is C20H18FN3O3S. The van der Waals surface area contributed by atoms with E-state index in [1.54, 1.807) is 20.9 Å². The Hall–Kier alpha value is -3.26. The van der Waals surface area contributed by atoms with Gasteiger partial charge < -0.3 is 15.6 Å². The van der Waals surface area contributed by atoms with Gasteiger partial charge in [-0.15, -0.1) is 0 Å². The van der Waals surface area contributed by atoms with E-state index in [-0.39, 0.29) is 17.1 Å². The molecule has 0 saturated heterocycles. The van der Waals surface area contributed by atoms with Gasteiger partial charge in [-0.25, -0.2) is 4.39 Å². The summed E-state index contributed by atoms with van der Waals surface area (Å²) in [5, 5.41) is 6.42. The fourth-order valence-corrected chi connectivity index (χ4v) is 3.84. The third-order valence-corrected chi connectivity index (χ3v) is 5.20. The number of ketones is 1. The highest BCUT2D eigenvalue weighted by Gasteiger charge is 2.29. The predicted octanol–water partition coefficient (Wildman–Crippen LogP) is 3.43. The number of anilines is 1. The average Bonchev–Trinajstić information content (AvgIpc) is 3.23. The normalized spacial score (nSPS) is 10.7. The number of Topliss-reactive ketones (excluding diaryl/α,β-unsaturated/α-hetero) is 1. The van der Waals surface area contributed by atoms with Crippen LogP contribution in [0.25, 0.3) is 11.3 Å². The topological polar surface area (TPSA) is 94.2 Å². The lowest BCUT2D eigenvalue weighted by atomic mass is 10.0. The zero-order chi connectivity index (χ0) is 20.6. The number of rotatable bonds is 5. The summed E-state index contributed by atoms with van der Waals surface area (Å²) < 4.78 is 15.0. The van der Waals surface area contributed by atoms with Crippen LogP contribution in [0.1, 0.15) is 32.0 Å². The number of primary amides is 1. The van der Waals surface area contributed by atoms with E-state index in [1.165, 1.54) is 34.1 Å².